The Morgan fingerprint density at radius 2 is 2.06 bits per heavy atom. The second kappa shape index (κ2) is 5.98. The number of allylic oxidation sites excluding steroid dienone is 1. The van der Waals surface area contributed by atoms with Crippen molar-refractivity contribution in [2.75, 3.05) is 33.7 Å². The number of hydrogen-bond donors (Lipinski definition) is 0. The van der Waals surface area contributed by atoms with Crippen molar-refractivity contribution in [1.29, 1.82) is 0 Å². The van der Waals surface area contributed by atoms with Gasteiger partial charge in [-0.2, -0.15) is 0 Å². The number of rotatable bonds is 5. The average Bonchev–Trinajstić information content (AvgIpc) is 2.78. The molecule has 2 aliphatic rings. The predicted molar refractivity (Wildman–Crippen MR) is 78.1 cm³/mol. The van der Waals surface area contributed by atoms with Gasteiger partial charge in [0.1, 0.15) is 5.66 Å². The third kappa shape index (κ3) is 3.42. The molecule has 2 heterocycles. The number of hydrogen-bond acceptors (Lipinski definition) is 3. The summed E-state index contributed by atoms with van der Waals surface area (Å²) in [7, 11) is 4.32. The third-order valence-electron chi connectivity index (χ3n) is 4.31. The molecule has 1 atom stereocenters. The Morgan fingerprint density at radius 1 is 1.33 bits per heavy atom. The molecular weight excluding hydrogens is 222 g/mol. The summed E-state index contributed by atoms with van der Waals surface area (Å²) in [5.41, 5.74) is -0.0470. The lowest BCUT2D eigenvalue weighted by Gasteiger charge is -2.40. The Kier molecular flexibility index (Phi) is 4.57. The van der Waals surface area contributed by atoms with Gasteiger partial charge in [0.25, 0.3) is 0 Å². The maximum absolute atomic E-state index is 4.58. The van der Waals surface area contributed by atoms with Crippen LogP contribution >= 0.6 is 0 Å². The van der Waals surface area contributed by atoms with Gasteiger partial charge in [0.15, 0.2) is 0 Å². The van der Waals surface area contributed by atoms with E-state index in [9.17, 15) is 0 Å². The van der Waals surface area contributed by atoms with E-state index >= 15 is 0 Å². The molecule has 2 aliphatic heterocycles. The summed E-state index contributed by atoms with van der Waals surface area (Å²) in [5.74, 6) is 0.930. The molecular formula is C15H27N3. The van der Waals surface area contributed by atoms with Gasteiger partial charge in [0.05, 0.1) is 0 Å². The normalized spacial score (nSPS) is 29.6. The first-order valence-electron chi connectivity index (χ1n) is 7.23. The van der Waals surface area contributed by atoms with Crippen LogP contribution in [0, 0.1) is 5.92 Å². The second-order valence-corrected chi connectivity index (χ2v) is 6.11. The molecule has 2 rings (SSSR count). The largest absolute Gasteiger partial charge is 0.309 e. The summed E-state index contributed by atoms with van der Waals surface area (Å²) in [6.45, 7) is 5.85. The molecule has 3 heteroatoms. The summed E-state index contributed by atoms with van der Waals surface area (Å²) in [4.78, 5) is 9.39. The summed E-state index contributed by atoms with van der Waals surface area (Å²) in [6.07, 6.45) is 11.6. The molecule has 0 N–H and O–H groups in total. The minimum Gasteiger partial charge on any atom is -0.309 e. The smallest absolute Gasteiger partial charge is 0.129 e. The van der Waals surface area contributed by atoms with Gasteiger partial charge < -0.3 is 4.90 Å². The van der Waals surface area contributed by atoms with E-state index in [0.717, 1.165) is 5.92 Å². The van der Waals surface area contributed by atoms with E-state index in [1.54, 1.807) is 0 Å². The van der Waals surface area contributed by atoms with Crippen LogP contribution in [-0.2, 0) is 0 Å². The van der Waals surface area contributed by atoms with Crippen molar-refractivity contribution in [3.63, 3.8) is 0 Å². The highest BCUT2D eigenvalue weighted by molar-refractivity contribution is 5.75. The van der Waals surface area contributed by atoms with Crippen molar-refractivity contribution in [2.24, 2.45) is 10.9 Å². The first-order chi connectivity index (χ1) is 8.60. The van der Waals surface area contributed by atoms with Gasteiger partial charge >= 0.3 is 0 Å². The van der Waals surface area contributed by atoms with Gasteiger partial charge in [0, 0.05) is 19.3 Å². The molecule has 1 saturated heterocycles. The molecule has 0 saturated carbocycles. The van der Waals surface area contributed by atoms with Crippen LogP contribution in [0.3, 0.4) is 0 Å². The Hall–Kier alpha value is -0.670. The fourth-order valence-electron chi connectivity index (χ4n) is 3.02. The lowest BCUT2D eigenvalue weighted by molar-refractivity contribution is 0.0981. The number of aliphatic imine (C=N–C) groups is 1. The Balaban J connectivity index is 1.71. The van der Waals surface area contributed by atoms with Crippen molar-refractivity contribution in [3.05, 3.63) is 12.2 Å². The molecule has 0 aliphatic carbocycles. The lowest BCUT2D eigenvalue weighted by Crippen LogP contribution is -2.47. The van der Waals surface area contributed by atoms with Crippen LogP contribution in [0.5, 0.6) is 0 Å². The van der Waals surface area contributed by atoms with Gasteiger partial charge in [0.2, 0.25) is 0 Å². The van der Waals surface area contributed by atoms with Crippen LogP contribution in [0.1, 0.15) is 32.6 Å². The second-order valence-electron chi connectivity index (χ2n) is 6.11. The van der Waals surface area contributed by atoms with Gasteiger partial charge in [-0.1, -0.05) is 0 Å². The molecule has 0 aromatic heterocycles. The van der Waals surface area contributed by atoms with Crippen molar-refractivity contribution >= 4 is 6.21 Å². The molecule has 102 valence electrons. The van der Waals surface area contributed by atoms with Crippen molar-refractivity contribution in [2.45, 2.75) is 38.3 Å². The maximum atomic E-state index is 4.58. The molecule has 0 aromatic rings. The topological polar surface area (TPSA) is 18.8 Å². The highest BCUT2D eigenvalue weighted by atomic mass is 15.3. The van der Waals surface area contributed by atoms with Gasteiger partial charge in [-0.15, -0.1) is 0 Å². The van der Waals surface area contributed by atoms with E-state index < -0.39 is 0 Å². The van der Waals surface area contributed by atoms with E-state index in [-0.39, 0.29) is 5.66 Å². The Labute approximate surface area is 112 Å². The van der Waals surface area contributed by atoms with Crippen molar-refractivity contribution in [3.8, 4) is 0 Å². The van der Waals surface area contributed by atoms with E-state index in [1.165, 1.54) is 45.3 Å². The molecule has 0 amide bonds. The number of nitrogens with zero attached hydrogens (tertiary/aromatic N) is 3. The molecule has 18 heavy (non-hydrogen) atoms. The minimum absolute atomic E-state index is 0.0470. The molecule has 0 bridgehead atoms. The Bertz CT molecular complexity index is 300. The van der Waals surface area contributed by atoms with Crippen molar-refractivity contribution < 1.29 is 0 Å². The molecule has 1 fully saturated rings. The Morgan fingerprint density at radius 3 is 2.61 bits per heavy atom. The standard InChI is InChI=1S/C15H27N3/c1-15(9-5-10-16-15)18-12-7-14(8-13-18)6-4-11-17(2)3/h5,9-10,14H,4,6-8,11-13H2,1-3H3. The lowest BCUT2D eigenvalue weighted by atomic mass is 9.91. The first-order valence-corrected chi connectivity index (χ1v) is 7.23. The monoisotopic (exact) mass is 249 g/mol. The van der Waals surface area contributed by atoms with Crippen LogP contribution in [-0.4, -0.2) is 55.4 Å². The van der Waals surface area contributed by atoms with Crippen LogP contribution in [0.2, 0.25) is 0 Å². The third-order valence-corrected chi connectivity index (χ3v) is 4.31. The maximum Gasteiger partial charge on any atom is 0.129 e. The molecule has 1 unspecified atom stereocenters. The van der Waals surface area contributed by atoms with E-state index in [1.807, 2.05) is 6.21 Å². The molecule has 0 aromatic carbocycles. The van der Waals surface area contributed by atoms with Gasteiger partial charge in [-0.3, -0.25) is 9.89 Å². The van der Waals surface area contributed by atoms with Crippen LogP contribution in [0.25, 0.3) is 0 Å². The van der Waals surface area contributed by atoms with Crippen LogP contribution < -0.4 is 0 Å². The zero-order valence-electron chi connectivity index (χ0n) is 12.1. The quantitative estimate of drug-likeness (QED) is 0.745. The average molecular weight is 249 g/mol. The highest BCUT2D eigenvalue weighted by Gasteiger charge is 2.32. The molecule has 0 spiro atoms. The highest BCUT2D eigenvalue weighted by Crippen LogP contribution is 2.29. The summed E-state index contributed by atoms with van der Waals surface area (Å²) < 4.78 is 0. The molecule has 3 nitrogen and oxygen atoms in total. The zero-order chi connectivity index (χ0) is 13.0. The number of piperidine rings is 1. The summed E-state index contributed by atoms with van der Waals surface area (Å²) in [6, 6.07) is 0. The van der Waals surface area contributed by atoms with Crippen molar-refractivity contribution in [1.82, 2.24) is 9.80 Å². The van der Waals surface area contributed by atoms with Gasteiger partial charge in [-0.25, -0.2) is 0 Å². The first kappa shape index (κ1) is 13.8. The zero-order valence-corrected chi connectivity index (χ0v) is 12.1. The fourth-order valence-corrected chi connectivity index (χ4v) is 3.02. The van der Waals surface area contributed by atoms with Gasteiger partial charge in [-0.05, 0) is 71.3 Å². The van der Waals surface area contributed by atoms with Crippen LogP contribution in [0.15, 0.2) is 17.1 Å². The SMILES string of the molecule is CN(C)CCCC1CCN(C2(C)C=CC=N2)CC1. The van der Waals surface area contributed by atoms with Crippen LogP contribution in [0.4, 0.5) is 0 Å². The minimum atomic E-state index is -0.0470. The fraction of sp³-hybridized carbons (Fsp3) is 0.800. The van der Waals surface area contributed by atoms with E-state index in [4.69, 9.17) is 0 Å². The van der Waals surface area contributed by atoms with E-state index in [2.05, 4.69) is 48.0 Å². The summed E-state index contributed by atoms with van der Waals surface area (Å²) in [5, 5.41) is 0. The number of likely N-dealkylation sites (tertiary alicyclic amines) is 1. The molecule has 0 radical (unpaired) electrons. The predicted octanol–water partition coefficient (Wildman–Crippen LogP) is 2.40. The van der Waals surface area contributed by atoms with E-state index in [0.29, 0.717) is 0 Å². The summed E-state index contributed by atoms with van der Waals surface area (Å²) >= 11 is 0.